The van der Waals surface area contributed by atoms with Crippen LogP contribution in [0, 0.1) is 10.1 Å². The van der Waals surface area contributed by atoms with E-state index in [2.05, 4.69) is 0 Å². The minimum absolute atomic E-state index is 0.151. The quantitative estimate of drug-likeness (QED) is 0.471. The molecule has 0 aromatic heterocycles. The summed E-state index contributed by atoms with van der Waals surface area (Å²) in [7, 11) is 0. The van der Waals surface area contributed by atoms with Crippen LogP contribution in [0.5, 0.6) is 0 Å². The van der Waals surface area contributed by atoms with Crippen molar-refractivity contribution >= 4 is 28.6 Å². The van der Waals surface area contributed by atoms with Crippen molar-refractivity contribution in [3.05, 3.63) is 57.8 Å². The summed E-state index contributed by atoms with van der Waals surface area (Å²) in [4.78, 5) is 11.5. The third-order valence-electron chi connectivity index (χ3n) is 2.77. The Kier molecular flexibility index (Phi) is 3.67. The lowest BCUT2D eigenvalue weighted by molar-refractivity contribution is -0.422. The number of hydrogen-bond acceptors (Lipinski definition) is 3. The molecular weight excluding hydrogens is 246 g/mol. The summed E-state index contributed by atoms with van der Waals surface area (Å²) in [5.74, 6) is 0. The maximum Gasteiger partial charge on any atom is 0.243 e. The molecule has 4 heteroatoms. The van der Waals surface area contributed by atoms with E-state index < -0.39 is 0 Å². The average Bonchev–Trinajstić information content (AvgIpc) is 2.38. The molecule has 0 radical (unpaired) electrons. The molecule has 0 atom stereocenters. The van der Waals surface area contributed by atoms with E-state index in [4.69, 9.17) is 0 Å². The molecule has 0 spiro atoms. The molecule has 0 amide bonds. The molecule has 18 heavy (non-hydrogen) atoms. The van der Waals surface area contributed by atoms with Gasteiger partial charge in [-0.2, -0.15) is 0 Å². The Morgan fingerprint density at radius 2 is 1.94 bits per heavy atom. The molecule has 0 N–H and O–H groups in total. The van der Waals surface area contributed by atoms with Crippen LogP contribution in [0.1, 0.15) is 12.5 Å². The van der Waals surface area contributed by atoms with E-state index in [1.807, 2.05) is 42.7 Å². The summed E-state index contributed by atoms with van der Waals surface area (Å²) in [6.45, 7) is 1.51. The van der Waals surface area contributed by atoms with Crippen LogP contribution in [0.4, 0.5) is 0 Å². The van der Waals surface area contributed by atoms with Gasteiger partial charge in [-0.3, -0.25) is 10.1 Å². The van der Waals surface area contributed by atoms with Crippen LogP contribution >= 0.6 is 11.8 Å². The second-order valence-corrected chi connectivity index (χ2v) is 4.80. The zero-order chi connectivity index (χ0) is 13.1. The normalized spacial score (nSPS) is 11.8. The Morgan fingerprint density at radius 3 is 2.56 bits per heavy atom. The van der Waals surface area contributed by atoms with Gasteiger partial charge < -0.3 is 0 Å². The summed E-state index contributed by atoms with van der Waals surface area (Å²) in [6.07, 6.45) is 3.64. The van der Waals surface area contributed by atoms with E-state index >= 15 is 0 Å². The van der Waals surface area contributed by atoms with E-state index in [1.165, 1.54) is 6.92 Å². The van der Waals surface area contributed by atoms with Crippen LogP contribution in [-0.2, 0) is 0 Å². The van der Waals surface area contributed by atoms with Crippen molar-refractivity contribution in [1.82, 2.24) is 0 Å². The topological polar surface area (TPSA) is 43.1 Å². The van der Waals surface area contributed by atoms with Crippen molar-refractivity contribution in [2.75, 3.05) is 6.26 Å². The molecule has 0 aliphatic heterocycles. The third-order valence-corrected chi connectivity index (χ3v) is 3.55. The molecule has 2 rings (SSSR count). The molecule has 0 aliphatic rings. The third kappa shape index (κ3) is 2.38. The van der Waals surface area contributed by atoms with Crippen molar-refractivity contribution in [3.63, 3.8) is 0 Å². The highest BCUT2D eigenvalue weighted by Gasteiger charge is 2.07. The van der Waals surface area contributed by atoms with Crippen molar-refractivity contribution in [2.24, 2.45) is 0 Å². The first-order chi connectivity index (χ1) is 8.63. The predicted molar refractivity (Wildman–Crippen MR) is 76.4 cm³/mol. The number of allylic oxidation sites excluding steroid dienone is 1. The molecule has 0 bridgehead atoms. The second kappa shape index (κ2) is 5.23. The Labute approximate surface area is 110 Å². The number of rotatable bonds is 3. The Morgan fingerprint density at radius 1 is 1.28 bits per heavy atom. The highest BCUT2D eigenvalue weighted by Crippen LogP contribution is 2.30. The fourth-order valence-electron chi connectivity index (χ4n) is 1.90. The van der Waals surface area contributed by atoms with Gasteiger partial charge in [0, 0.05) is 23.3 Å². The average molecular weight is 259 g/mol. The first kappa shape index (κ1) is 12.6. The summed E-state index contributed by atoms with van der Waals surface area (Å²) in [5.41, 5.74) is 1.05. The summed E-state index contributed by atoms with van der Waals surface area (Å²) < 4.78 is 0. The lowest BCUT2D eigenvalue weighted by atomic mass is 10.0. The SMILES string of the molecule is CSc1cccc2cccc(/C=C(\C)[N+](=O)[O-])c12. The molecule has 0 fully saturated rings. The number of benzene rings is 2. The first-order valence-electron chi connectivity index (χ1n) is 5.52. The molecule has 0 saturated heterocycles. The molecule has 2 aromatic carbocycles. The van der Waals surface area contributed by atoms with Crippen LogP contribution < -0.4 is 0 Å². The van der Waals surface area contributed by atoms with Gasteiger partial charge in [-0.1, -0.05) is 30.3 Å². The highest BCUT2D eigenvalue weighted by atomic mass is 32.2. The fraction of sp³-hybridized carbons (Fsp3) is 0.143. The van der Waals surface area contributed by atoms with Crippen molar-refractivity contribution in [1.29, 1.82) is 0 Å². The van der Waals surface area contributed by atoms with Gasteiger partial charge in [-0.05, 0) is 23.3 Å². The number of hydrogen-bond donors (Lipinski definition) is 0. The number of thioether (sulfide) groups is 1. The first-order valence-corrected chi connectivity index (χ1v) is 6.74. The maximum atomic E-state index is 10.7. The molecule has 3 nitrogen and oxygen atoms in total. The Balaban J connectivity index is 2.71. The Bertz CT molecular complexity index is 629. The van der Waals surface area contributed by atoms with E-state index in [0.717, 1.165) is 21.2 Å². The second-order valence-electron chi connectivity index (χ2n) is 3.95. The largest absolute Gasteiger partial charge is 0.259 e. The summed E-state index contributed by atoms with van der Waals surface area (Å²) in [6, 6.07) is 11.9. The smallest absolute Gasteiger partial charge is 0.243 e. The van der Waals surface area contributed by atoms with Gasteiger partial charge in [0.15, 0.2) is 0 Å². The molecule has 0 saturated carbocycles. The molecular formula is C14H13NO2S. The lowest BCUT2D eigenvalue weighted by Crippen LogP contribution is -1.93. The van der Waals surface area contributed by atoms with Gasteiger partial charge in [-0.15, -0.1) is 11.8 Å². The fourth-order valence-corrected chi connectivity index (χ4v) is 2.56. The standard InChI is InChI=1S/C14H13NO2S/c1-10(15(16)17)9-12-7-3-5-11-6-4-8-13(18-2)14(11)12/h3-9H,1-2H3/b10-9+. The van der Waals surface area contributed by atoms with Crippen molar-refractivity contribution in [3.8, 4) is 0 Å². The molecule has 92 valence electrons. The van der Waals surface area contributed by atoms with Gasteiger partial charge in [0.25, 0.3) is 0 Å². The lowest BCUT2D eigenvalue weighted by Gasteiger charge is -2.07. The van der Waals surface area contributed by atoms with Gasteiger partial charge in [0.05, 0.1) is 4.92 Å². The van der Waals surface area contributed by atoms with E-state index in [0.29, 0.717) is 0 Å². The number of nitro groups is 1. The predicted octanol–water partition coefficient (Wildman–Crippen LogP) is 4.20. The van der Waals surface area contributed by atoms with Gasteiger partial charge >= 0.3 is 0 Å². The monoisotopic (exact) mass is 259 g/mol. The van der Waals surface area contributed by atoms with E-state index in [1.54, 1.807) is 17.8 Å². The molecule has 2 aromatic rings. The van der Waals surface area contributed by atoms with Crippen molar-refractivity contribution in [2.45, 2.75) is 11.8 Å². The van der Waals surface area contributed by atoms with Crippen LogP contribution in [0.25, 0.3) is 16.8 Å². The summed E-state index contributed by atoms with van der Waals surface area (Å²) >= 11 is 1.65. The van der Waals surface area contributed by atoms with Gasteiger partial charge in [0.1, 0.15) is 0 Å². The van der Waals surface area contributed by atoms with Gasteiger partial charge in [0.2, 0.25) is 5.70 Å². The minimum Gasteiger partial charge on any atom is -0.259 e. The van der Waals surface area contributed by atoms with Crippen LogP contribution in [-0.4, -0.2) is 11.2 Å². The van der Waals surface area contributed by atoms with Crippen LogP contribution in [0.2, 0.25) is 0 Å². The highest BCUT2D eigenvalue weighted by molar-refractivity contribution is 7.98. The van der Waals surface area contributed by atoms with E-state index in [-0.39, 0.29) is 10.6 Å². The number of nitrogens with zero attached hydrogens (tertiary/aromatic N) is 1. The molecule has 0 heterocycles. The van der Waals surface area contributed by atoms with Crippen molar-refractivity contribution < 1.29 is 4.92 Å². The molecule has 0 aliphatic carbocycles. The zero-order valence-corrected chi connectivity index (χ0v) is 11.0. The molecule has 0 unspecified atom stereocenters. The maximum absolute atomic E-state index is 10.7. The summed E-state index contributed by atoms with van der Waals surface area (Å²) in [5, 5.41) is 12.9. The zero-order valence-electron chi connectivity index (χ0n) is 10.2. The van der Waals surface area contributed by atoms with Crippen LogP contribution in [0.3, 0.4) is 0 Å². The van der Waals surface area contributed by atoms with Crippen LogP contribution in [0.15, 0.2) is 47.0 Å². The van der Waals surface area contributed by atoms with Gasteiger partial charge in [-0.25, -0.2) is 0 Å². The van der Waals surface area contributed by atoms with E-state index in [9.17, 15) is 10.1 Å². The minimum atomic E-state index is -0.361. The number of fused-ring (bicyclic) bond motifs is 1. The Hall–Kier alpha value is -1.81.